The fraction of sp³-hybridized carbons (Fsp3) is 0.233. The Morgan fingerprint density at radius 1 is 1.13 bits per heavy atom. The summed E-state index contributed by atoms with van der Waals surface area (Å²) in [5.41, 5.74) is 3.25. The molecule has 0 bridgehead atoms. The van der Waals surface area contributed by atoms with Crippen LogP contribution in [0.25, 0.3) is 33.2 Å². The molecule has 5 rings (SSSR count). The average molecular weight is 512 g/mol. The summed E-state index contributed by atoms with van der Waals surface area (Å²) >= 11 is 0. The monoisotopic (exact) mass is 511 g/mol. The zero-order valence-electron chi connectivity index (χ0n) is 21.6. The first-order chi connectivity index (χ1) is 18.0. The zero-order valence-corrected chi connectivity index (χ0v) is 21.6. The molecule has 0 radical (unpaired) electrons. The van der Waals surface area contributed by atoms with Gasteiger partial charge >= 0.3 is 5.97 Å². The van der Waals surface area contributed by atoms with Crippen molar-refractivity contribution in [2.75, 3.05) is 5.32 Å². The van der Waals surface area contributed by atoms with Crippen LogP contribution in [0, 0.1) is 6.92 Å². The quantitative estimate of drug-likeness (QED) is 0.254. The Kier molecular flexibility index (Phi) is 6.28. The van der Waals surface area contributed by atoms with E-state index in [4.69, 9.17) is 4.42 Å². The topological polar surface area (TPSA) is 118 Å². The highest BCUT2D eigenvalue weighted by molar-refractivity contribution is 5.94. The molecular formula is C30H29N3O5. The summed E-state index contributed by atoms with van der Waals surface area (Å²) in [6.07, 6.45) is 1.73. The van der Waals surface area contributed by atoms with Crippen molar-refractivity contribution in [2.45, 2.75) is 45.9 Å². The second-order valence-corrected chi connectivity index (χ2v) is 10.3. The van der Waals surface area contributed by atoms with E-state index in [1.807, 2.05) is 38.1 Å². The lowest BCUT2D eigenvalue weighted by molar-refractivity contribution is 0.0590. The van der Waals surface area contributed by atoms with Crippen molar-refractivity contribution < 1.29 is 19.4 Å². The van der Waals surface area contributed by atoms with Gasteiger partial charge in [0, 0.05) is 28.3 Å². The third kappa shape index (κ3) is 4.90. The van der Waals surface area contributed by atoms with Gasteiger partial charge in [0.25, 0.3) is 0 Å². The number of para-hydroxylation sites is 1. The first-order valence-electron chi connectivity index (χ1n) is 12.4. The van der Waals surface area contributed by atoms with Gasteiger partial charge in [-0.3, -0.25) is 9.48 Å². The van der Waals surface area contributed by atoms with Crippen molar-refractivity contribution in [1.29, 1.82) is 0 Å². The lowest BCUT2D eigenvalue weighted by atomic mass is 10.00. The number of fused-ring (bicyclic) bond motifs is 2. The lowest BCUT2D eigenvalue weighted by Crippen LogP contribution is -2.26. The van der Waals surface area contributed by atoms with Crippen LogP contribution >= 0.6 is 0 Å². The van der Waals surface area contributed by atoms with Crippen molar-refractivity contribution in [2.24, 2.45) is 0 Å². The molecule has 194 valence electrons. The average Bonchev–Trinajstić information content (AvgIpc) is 3.24. The van der Waals surface area contributed by atoms with Crippen LogP contribution in [0.5, 0.6) is 0 Å². The SMILES string of the molecule is Cc1cc(C(C)Nc2ccccc2C(=O)O)c2oc(-c3ccc4c(cnn4CC(C)(C)O)c3)cc(=O)c2c1. The van der Waals surface area contributed by atoms with E-state index in [2.05, 4.69) is 10.4 Å². The van der Waals surface area contributed by atoms with E-state index < -0.39 is 11.6 Å². The molecule has 8 heteroatoms. The molecule has 0 aliphatic heterocycles. The van der Waals surface area contributed by atoms with Gasteiger partial charge in [0.2, 0.25) is 0 Å². The normalized spacial score (nSPS) is 12.7. The number of carbonyl (C=O) groups is 1. The van der Waals surface area contributed by atoms with Crippen LogP contribution in [0.1, 0.15) is 48.3 Å². The van der Waals surface area contributed by atoms with Crippen LogP contribution in [0.2, 0.25) is 0 Å². The van der Waals surface area contributed by atoms with E-state index in [1.165, 1.54) is 6.07 Å². The Balaban J connectivity index is 1.59. The summed E-state index contributed by atoms with van der Waals surface area (Å²) in [5.74, 6) is -0.604. The molecule has 5 aromatic rings. The van der Waals surface area contributed by atoms with E-state index in [1.54, 1.807) is 55.1 Å². The molecule has 2 heterocycles. The fourth-order valence-corrected chi connectivity index (χ4v) is 4.74. The molecule has 38 heavy (non-hydrogen) atoms. The van der Waals surface area contributed by atoms with E-state index in [9.17, 15) is 19.8 Å². The Labute approximate surface area is 219 Å². The maximum Gasteiger partial charge on any atom is 0.337 e. The predicted octanol–water partition coefficient (Wildman–Crippen LogP) is 5.76. The van der Waals surface area contributed by atoms with Crippen LogP contribution in [0.4, 0.5) is 5.69 Å². The number of benzene rings is 3. The van der Waals surface area contributed by atoms with Crippen molar-refractivity contribution in [1.82, 2.24) is 9.78 Å². The summed E-state index contributed by atoms with van der Waals surface area (Å²) in [4.78, 5) is 24.9. The van der Waals surface area contributed by atoms with Gasteiger partial charge in [0.1, 0.15) is 11.3 Å². The number of anilines is 1. The third-order valence-corrected chi connectivity index (χ3v) is 6.46. The molecule has 0 fully saturated rings. The molecule has 0 amide bonds. The van der Waals surface area contributed by atoms with E-state index >= 15 is 0 Å². The number of nitrogens with one attached hydrogen (secondary N) is 1. The van der Waals surface area contributed by atoms with Gasteiger partial charge < -0.3 is 19.9 Å². The maximum atomic E-state index is 13.2. The van der Waals surface area contributed by atoms with Crippen LogP contribution in [-0.4, -0.2) is 31.6 Å². The van der Waals surface area contributed by atoms with Crippen molar-refractivity contribution in [3.8, 4) is 11.3 Å². The molecule has 2 aromatic heterocycles. The number of nitrogens with zero attached hydrogens (tertiary/aromatic N) is 2. The number of aliphatic hydroxyl groups is 1. The zero-order chi connectivity index (χ0) is 27.2. The number of hydrogen-bond donors (Lipinski definition) is 3. The molecule has 3 aromatic carbocycles. The predicted molar refractivity (Wildman–Crippen MR) is 148 cm³/mol. The van der Waals surface area contributed by atoms with Crippen molar-refractivity contribution in [3.63, 3.8) is 0 Å². The molecule has 0 spiro atoms. The first kappa shape index (κ1) is 25.2. The van der Waals surface area contributed by atoms with Crippen LogP contribution in [0.3, 0.4) is 0 Å². The Morgan fingerprint density at radius 3 is 2.63 bits per heavy atom. The highest BCUT2D eigenvalue weighted by Gasteiger charge is 2.19. The summed E-state index contributed by atoms with van der Waals surface area (Å²) in [6, 6.07) is 17.3. The number of hydrogen-bond acceptors (Lipinski definition) is 6. The highest BCUT2D eigenvalue weighted by atomic mass is 16.4. The van der Waals surface area contributed by atoms with E-state index in [-0.39, 0.29) is 17.0 Å². The Bertz CT molecular complexity index is 1740. The summed E-state index contributed by atoms with van der Waals surface area (Å²) in [7, 11) is 0. The minimum Gasteiger partial charge on any atom is -0.478 e. The van der Waals surface area contributed by atoms with Gasteiger partial charge in [-0.15, -0.1) is 0 Å². The minimum atomic E-state index is -1.02. The molecule has 0 saturated heterocycles. The van der Waals surface area contributed by atoms with E-state index in [0.717, 1.165) is 27.6 Å². The highest BCUT2D eigenvalue weighted by Crippen LogP contribution is 2.32. The molecule has 0 saturated carbocycles. The number of carboxylic acid groups (broad SMARTS) is 1. The van der Waals surface area contributed by atoms with Crippen molar-refractivity contribution in [3.05, 3.63) is 93.8 Å². The number of aromatic nitrogens is 2. The second-order valence-electron chi connectivity index (χ2n) is 10.3. The number of aromatic carboxylic acids is 1. The maximum absolute atomic E-state index is 13.2. The van der Waals surface area contributed by atoms with Crippen LogP contribution in [0.15, 0.2) is 76.1 Å². The molecule has 1 unspecified atom stereocenters. The third-order valence-electron chi connectivity index (χ3n) is 6.46. The molecule has 0 aliphatic carbocycles. The van der Waals surface area contributed by atoms with E-state index in [0.29, 0.717) is 29.0 Å². The summed E-state index contributed by atoms with van der Waals surface area (Å²) in [5, 5.41) is 28.8. The van der Waals surface area contributed by atoms with Gasteiger partial charge in [0.15, 0.2) is 5.43 Å². The first-order valence-corrected chi connectivity index (χ1v) is 12.4. The smallest absolute Gasteiger partial charge is 0.337 e. The van der Waals surface area contributed by atoms with Crippen LogP contribution in [-0.2, 0) is 6.54 Å². The Morgan fingerprint density at radius 2 is 1.89 bits per heavy atom. The molecule has 0 aliphatic rings. The Hall–Kier alpha value is -4.43. The molecule has 8 nitrogen and oxygen atoms in total. The van der Waals surface area contributed by atoms with Gasteiger partial charge in [-0.05, 0) is 69.7 Å². The van der Waals surface area contributed by atoms with Gasteiger partial charge in [-0.25, -0.2) is 4.79 Å². The number of rotatable bonds is 7. The number of aryl methyl sites for hydroxylation is 1. The van der Waals surface area contributed by atoms with Crippen molar-refractivity contribution >= 4 is 33.5 Å². The fourth-order valence-electron chi connectivity index (χ4n) is 4.74. The minimum absolute atomic E-state index is 0.164. The lowest BCUT2D eigenvalue weighted by Gasteiger charge is -2.19. The molecular weight excluding hydrogens is 482 g/mol. The standard InChI is InChI=1S/C30H29N3O5/c1-17-11-22(18(2)32-24-8-6-5-7-21(24)29(35)36)28-23(12-17)26(34)14-27(38-28)19-9-10-25-20(13-19)15-31-33(25)16-30(3,4)37/h5-15,18,32,37H,16H2,1-4H3,(H,35,36). The van der Waals surface area contributed by atoms with Gasteiger partial charge in [0.05, 0.1) is 40.9 Å². The summed E-state index contributed by atoms with van der Waals surface area (Å²) < 4.78 is 8.11. The number of carboxylic acids is 1. The second kappa shape index (κ2) is 9.46. The van der Waals surface area contributed by atoms with Gasteiger partial charge in [-0.2, -0.15) is 5.10 Å². The van der Waals surface area contributed by atoms with Crippen LogP contribution < -0.4 is 10.7 Å². The summed E-state index contributed by atoms with van der Waals surface area (Å²) in [6.45, 7) is 7.62. The molecule has 3 N–H and O–H groups in total. The van der Waals surface area contributed by atoms with Gasteiger partial charge in [-0.1, -0.05) is 18.2 Å². The largest absolute Gasteiger partial charge is 0.478 e. The molecule has 1 atom stereocenters.